The van der Waals surface area contributed by atoms with Gasteiger partial charge in [-0.2, -0.15) is 0 Å². The lowest BCUT2D eigenvalue weighted by molar-refractivity contribution is -0.124. The molecule has 1 saturated carbocycles. The summed E-state index contributed by atoms with van der Waals surface area (Å²) in [4.78, 5) is 26.7. The molecular formula is C15H14FN3O2. The number of hydrogen-bond donors (Lipinski definition) is 3. The van der Waals surface area contributed by atoms with E-state index in [-0.39, 0.29) is 11.7 Å². The second kappa shape index (κ2) is 5.05. The highest BCUT2D eigenvalue weighted by atomic mass is 19.1. The van der Waals surface area contributed by atoms with Crippen molar-refractivity contribution in [2.75, 3.05) is 0 Å². The summed E-state index contributed by atoms with van der Waals surface area (Å²) in [7, 11) is 0. The maximum atomic E-state index is 12.9. The molecule has 0 spiro atoms. The first kappa shape index (κ1) is 13.4. The summed E-state index contributed by atoms with van der Waals surface area (Å²) in [6.45, 7) is 0. The van der Waals surface area contributed by atoms with Crippen LogP contribution in [0.3, 0.4) is 0 Å². The standard InChI is InChI=1S/C15H14FN3O2/c16-11-5-3-10(4-6-11)15(7-8-15)14(21)19-18-13(20)12-2-1-9-17-12/h1-6,9,17H,7-8H2,(H,18,20)(H,19,21). The number of benzene rings is 1. The number of amides is 2. The van der Waals surface area contributed by atoms with Gasteiger partial charge in [0.2, 0.25) is 5.91 Å². The Labute approximate surface area is 120 Å². The average molecular weight is 287 g/mol. The molecule has 108 valence electrons. The number of hydrazine groups is 1. The fourth-order valence-electron chi connectivity index (χ4n) is 2.31. The molecule has 0 unspecified atom stereocenters. The zero-order valence-corrected chi connectivity index (χ0v) is 11.2. The molecule has 1 aliphatic rings. The second-order valence-electron chi connectivity index (χ2n) is 5.08. The van der Waals surface area contributed by atoms with Gasteiger partial charge in [-0.3, -0.25) is 20.4 Å². The molecule has 21 heavy (non-hydrogen) atoms. The topological polar surface area (TPSA) is 74.0 Å². The van der Waals surface area contributed by atoms with Crippen LogP contribution in [0.2, 0.25) is 0 Å². The predicted octanol–water partition coefficient (Wildman–Crippen LogP) is 1.65. The van der Waals surface area contributed by atoms with E-state index in [1.54, 1.807) is 30.5 Å². The Morgan fingerprint density at radius 2 is 1.81 bits per heavy atom. The maximum absolute atomic E-state index is 12.9. The van der Waals surface area contributed by atoms with E-state index in [0.29, 0.717) is 18.5 Å². The minimum Gasteiger partial charge on any atom is -0.357 e. The summed E-state index contributed by atoms with van der Waals surface area (Å²) in [6.07, 6.45) is 2.99. The number of carbonyl (C=O) groups excluding carboxylic acids is 2. The van der Waals surface area contributed by atoms with Gasteiger partial charge in [-0.05, 0) is 42.7 Å². The Morgan fingerprint density at radius 1 is 1.10 bits per heavy atom. The Kier molecular flexibility index (Phi) is 3.21. The van der Waals surface area contributed by atoms with Gasteiger partial charge >= 0.3 is 0 Å². The number of carbonyl (C=O) groups is 2. The fourth-order valence-corrected chi connectivity index (χ4v) is 2.31. The highest BCUT2D eigenvalue weighted by molar-refractivity contribution is 5.96. The van der Waals surface area contributed by atoms with Crippen molar-refractivity contribution in [3.63, 3.8) is 0 Å². The predicted molar refractivity (Wildman–Crippen MR) is 73.7 cm³/mol. The number of nitrogens with one attached hydrogen (secondary N) is 3. The van der Waals surface area contributed by atoms with Crippen molar-refractivity contribution in [1.29, 1.82) is 0 Å². The Balaban J connectivity index is 1.65. The Bertz CT molecular complexity index is 661. The number of aromatic nitrogens is 1. The molecule has 5 nitrogen and oxygen atoms in total. The van der Waals surface area contributed by atoms with Crippen LogP contribution < -0.4 is 10.9 Å². The van der Waals surface area contributed by atoms with Crippen LogP contribution in [0, 0.1) is 5.82 Å². The van der Waals surface area contributed by atoms with E-state index in [1.807, 2.05) is 0 Å². The summed E-state index contributed by atoms with van der Waals surface area (Å²) in [5, 5.41) is 0. The molecule has 3 rings (SSSR count). The van der Waals surface area contributed by atoms with Gasteiger partial charge in [-0.25, -0.2) is 4.39 Å². The molecule has 2 amide bonds. The van der Waals surface area contributed by atoms with Crippen LogP contribution in [0.4, 0.5) is 4.39 Å². The quantitative estimate of drug-likeness (QED) is 0.751. The molecule has 2 aromatic rings. The Morgan fingerprint density at radius 3 is 2.38 bits per heavy atom. The SMILES string of the molecule is O=C(NNC(=O)C1(c2ccc(F)cc2)CC1)c1ccc[nH]1. The summed E-state index contributed by atoms with van der Waals surface area (Å²) in [5.74, 6) is -1.03. The monoisotopic (exact) mass is 287 g/mol. The van der Waals surface area contributed by atoms with E-state index in [4.69, 9.17) is 0 Å². The lowest BCUT2D eigenvalue weighted by Crippen LogP contribution is -2.46. The van der Waals surface area contributed by atoms with Gasteiger partial charge in [0.15, 0.2) is 0 Å². The molecule has 1 aromatic carbocycles. The zero-order valence-electron chi connectivity index (χ0n) is 11.2. The molecule has 0 radical (unpaired) electrons. The second-order valence-corrected chi connectivity index (χ2v) is 5.08. The van der Waals surface area contributed by atoms with E-state index >= 15 is 0 Å². The molecule has 1 fully saturated rings. The first-order chi connectivity index (χ1) is 10.1. The van der Waals surface area contributed by atoms with Crippen LogP contribution in [0.5, 0.6) is 0 Å². The molecule has 6 heteroatoms. The van der Waals surface area contributed by atoms with Crippen LogP contribution in [-0.2, 0) is 10.2 Å². The van der Waals surface area contributed by atoms with E-state index in [1.165, 1.54) is 12.1 Å². The zero-order chi connectivity index (χ0) is 14.9. The number of rotatable bonds is 3. The van der Waals surface area contributed by atoms with Gasteiger partial charge in [0.25, 0.3) is 5.91 Å². The highest BCUT2D eigenvalue weighted by Gasteiger charge is 2.51. The third-order valence-corrected chi connectivity index (χ3v) is 3.71. The number of hydrogen-bond acceptors (Lipinski definition) is 2. The van der Waals surface area contributed by atoms with Crippen molar-refractivity contribution in [3.8, 4) is 0 Å². The largest absolute Gasteiger partial charge is 0.357 e. The number of H-pyrrole nitrogens is 1. The number of halogens is 1. The van der Waals surface area contributed by atoms with Crippen molar-refractivity contribution >= 4 is 11.8 Å². The molecule has 1 heterocycles. The van der Waals surface area contributed by atoms with E-state index < -0.39 is 11.3 Å². The molecule has 0 aliphatic heterocycles. The van der Waals surface area contributed by atoms with Crippen molar-refractivity contribution in [3.05, 3.63) is 59.7 Å². The van der Waals surface area contributed by atoms with Gasteiger partial charge in [0.05, 0.1) is 5.41 Å². The van der Waals surface area contributed by atoms with Gasteiger partial charge in [-0.15, -0.1) is 0 Å². The summed E-state index contributed by atoms with van der Waals surface area (Å²) < 4.78 is 12.9. The molecule has 0 saturated heterocycles. The normalized spacial score (nSPS) is 15.3. The lowest BCUT2D eigenvalue weighted by Gasteiger charge is -2.16. The minimum absolute atomic E-state index is 0.283. The molecule has 3 N–H and O–H groups in total. The molecule has 1 aliphatic carbocycles. The first-order valence-electron chi connectivity index (χ1n) is 6.62. The average Bonchev–Trinajstić information content (AvgIpc) is 3.11. The smallest absolute Gasteiger partial charge is 0.286 e. The van der Waals surface area contributed by atoms with Crippen molar-refractivity contribution in [2.24, 2.45) is 0 Å². The van der Waals surface area contributed by atoms with Crippen LogP contribution in [0.15, 0.2) is 42.6 Å². The van der Waals surface area contributed by atoms with Gasteiger partial charge in [0, 0.05) is 6.20 Å². The maximum Gasteiger partial charge on any atom is 0.286 e. The third-order valence-electron chi connectivity index (χ3n) is 3.71. The van der Waals surface area contributed by atoms with E-state index in [0.717, 1.165) is 5.56 Å². The van der Waals surface area contributed by atoms with E-state index in [2.05, 4.69) is 15.8 Å². The van der Waals surface area contributed by atoms with E-state index in [9.17, 15) is 14.0 Å². The van der Waals surface area contributed by atoms with Crippen molar-refractivity contribution in [2.45, 2.75) is 18.3 Å². The lowest BCUT2D eigenvalue weighted by atomic mass is 9.95. The van der Waals surface area contributed by atoms with Gasteiger partial charge in [0.1, 0.15) is 11.5 Å². The summed E-state index contributed by atoms with van der Waals surface area (Å²) in [5.41, 5.74) is 5.27. The van der Waals surface area contributed by atoms with Crippen LogP contribution in [0.1, 0.15) is 28.9 Å². The van der Waals surface area contributed by atoms with Crippen LogP contribution in [0.25, 0.3) is 0 Å². The fraction of sp³-hybridized carbons (Fsp3) is 0.200. The molecule has 1 aromatic heterocycles. The summed E-state index contributed by atoms with van der Waals surface area (Å²) in [6, 6.07) is 9.18. The number of aromatic amines is 1. The van der Waals surface area contributed by atoms with Crippen molar-refractivity contribution in [1.82, 2.24) is 15.8 Å². The third kappa shape index (κ3) is 2.52. The van der Waals surface area contributed by atoms with Gasteiger partial charge in [-0.1, -0.05) is 12.1 Å². The van der Waals surface area contributed by atoms with Crippen molar-refractivity contribution < 1.29 is 14.0 Å². The highest BCUT2D eigenvalue weighted by Crippen LogP contribution is 2.48. The first-order valence-corrected chi connectivity index (χ1v) is 6.62. The molecule has 0 bridgehead atoms. The van der Waals surface area contributed by atoms with Gasteiger partial charge < -0.3 is 4.98 Å². The molecular weight excluding hydrogens is 273 g/mol. The summed E-state index contributed by atoms with van der Waals surface area (Å²) >= 11 is 0. The van der Waals surface area contributed by atoms with Crippen LogP contribution in [-0.4, -0.2) is 16.8 Å². The molecule has 0 atom stereocenters. The van der Waals surface area contributed by atoms with Crippen LogP contribution >= 0.6 is 0 Å². The Hall–Kier alpha value is -2.63. The minimum atomic E-state index is -0.656.